The Bertz CT molecular complexity index is 185. The minimum atomic E-state index is -2.34. The highest BCUT2D eigenvalue weighted by molar-refractivity contribution is 5.01. The van der Waals surface area contributed by atoms with Crippen LogP contribution in [0.2, 0.25) is 0 Å². The molecule has 2 rings (SSSR count). The van der Waals surface area contributed by atoms with E-state index in [2.05, 4.69) is 11.8 Å². The molecular formula is C10H17F2N. The number of rotatable bonds is 1. The first-order chi connectivity index (χ1) is 6.05. The summed E-state index contributed by atoms with van der Waals surface area (Å²) in [6.07, 6.45) is 2.27. The average Bonchev–Trinajstić information content (AvgIpc) is 2.02. The van der Waals surface area contributed by atoms with Gasteiger partial charge >= 0.3 is 0 Å². The Balaban J connectivity index is 1.86. The van der Waals surface area contributed by atoms with Crippen molar-refractivity contribution in [1.29, 1.82) is 0 Å². The minimum absolute atomic E-state index is 0.0230. The molecule has 1 heterocycles. The monoisotopic (exact) mass is 189 g/mol. The first kappa shape index (κ1) is 9.38. The quantitative estimate of drug-likeness (QED) is 0.612. The van der Waals surface area contributed by atoms with E-state index >= 15 is 0 Å². The smallest absolute Gasteiger partial charge is 0.249 e. The van der Waals surface area contributed by atoms with Crippen molar-refractivity contribution in [2.45, 2.75) is 38.5 Å². The molecule has 0 atom stereocenters. The van der Waals surface area contributed by atoms with E-state index in [0.29, 0.717) is 0 Å². The molecule has 0 bridgehead atoms. The normalized spacial score (nSPS) is 31.6. The predicted molar refractivity (Wildman–Crippen MR) is 48.0 cm³/mol. The van der Waals surface area contributed by atoms with Gasteiger partial charge in [-0.15, -0.1) is 0 Å². The van der Waals surface area contributed by atoms with Crippen molar-refractivity contribution < 1.29 is 8.78 Å². The van der Waals surface area contributed by atoms with E-state index in [0.717, 1.165) is 32.5 Å². The van der Waals surface area contributed by atoms with Gasteiger partial charge in [0.05, 0.1) is 0 Å². The van der Waals surface area contributed by atoms with E-state index in [-0.39, 0.29) is 18.3 Å². The second kappa shape index (κ2) is 2.91. The van der Waals surface area contributed by atoms with Crippen LogP contribution in [0.4, 0.5) is 8.78 Å². The zero-order chi connectivity index (χ0) is 9.53. The van der Waals surface area contributed by atoms with E-state index in [9.17, 15) is 8.78 Å². The van der Waals surface area contributed by atoms with E-state index in [4.69, 9.17) is 0 Å². The number of halogens is 2. The van der Waals surface area contributed by atoms with Crippen LogP contribution in [0.1, 0.15) is 32.6 Å². The zero-order valence-electron chi connectivity index (χ0n) is 8.15. The molecule has 76 valence electrons. The molecule has 0 aromatic rings. The first-order valence-electron chi connectivity index (χ1n) is 5.16. The number of hydrogen-bond acceptors (Lipinski definition) is 1. The highest BCUT2D eigenvalue weighted by atomic mass is 19.3. The summed E-state index contributed by atoms with van der Waals surface area (Å²) in [5.41, 5.74) is 0.0230. The first-order valence-corrected chi connectivity index (χ1v) is 5.16. The molecule has 13 heavy (non-hydrogen) atoms. The summed E-state index contributed by atoms with van der Waals surface area (Å²) in [7, 11) is 0. The van der Waals surface area contributed by atoms with Crippen molar-refractivity contribution in [1.82, 2.24) is 4.90 Å². The minimum Gasteiger partial charge on any atom is -0.304 e. The number of piperidine rings is 1. The fraction of sp³-hybridized carbons (Fsp3) is 1.00. The van der Waals surface area contributed by atoms with Gasteiger partial charge in [-0.3, -0.25) is 0 Å². The topological polar surface area (TPSA) is 3.24 Å². The average molecular weight is 189 g/mol. The number of nitrogens with zero attached hydrogens (tertiary/aromatic N) is 1. The molecule has 1 saturated heterocycles. The molecule has 0 aromatic carbocycles. The maximum Gasteiger partial charge on any atom is 0.249 e. The fourth-order valence-electron chi connectivity index (χ4n) is 2.74. The summed E-state index contributed by atoms with van der Waals surface area (Å²) in [6, 6.07) is 0. The lowest BCUT2D eigenvalue weighted by atomic mass is 9.61. The van der Waals surface area contributed by atoms with Gasteiger partial charge in [-0.1, -0.05) is 6.92 Å². The van der Waals surface area contributed by atoms with Crippen LogP contribution < -0.4 is 0 Å². The molecule has 0 unspecified atom stereocenters. The van der Waals surface area contributed by atoms with Gasteiger partial charge in [0, 0.05) is 12.8 Å². The van der Waals surface area contributed by atoms with Crippen LogP contribution in [0.3, 0.4) is 0 Å². The van der Waals surface area contributed by atoms with E-state index < -0.39 is 5.92 Å². The highest BCUT2D eigenvalue weighted by Gasteiger charge is 2.56. The van der Waals surface area contributed by atoms with Gasteiger partial charge in [0.1, 0.15) is 0 Å². The summed E-state index contributed by atoms with van der Waals surface area (Å²) >= 11 is 0. The van der Waals surface area contributed by atoms with Crippen molar-refractivity contribution in [2.75, 3.05) is 19.6 Å². The van der Waals surface area contributed by atoms with Crippen LogP contribution in [0.25, 0.3) is 0 Å². The van der Waals surface area contributed by atoms with Crippen LogP contribution in [0, 0.1) is 5.41 Å². The van der Waals surface area contributed by atoms with E-state index in [1.165, 1.54) is 0 Å². The maximum atomic E-state index is 12.7. The molecule has 0 aromatic heterocycles. The van der Waals surface area contributed by atoms with Gasteiger partial charge in [0.2, 0.25) is 5.92 Å². The molecule has 0 N–H and O–H groups in total. The predicted octanol–water partition coefficient (Wildman–Crippen LogP) is 2.52. The standard InChI is InChI=1S/C10H17F2N/c1-2-13-5-3-9(4-6-13)7-10(11,12)8-9/h2-8H2,1H3. The van der Waals surface area contributed by atoms with E-state index in [1.807, 2.05) is 0 Å². The third-order valence-corrected chi connectivity index (χ3v) is 3.63. The van der Waals surface area contributed by atoms with Gasteiger partial charge in [0.15, 0.2) is 0 Å². The molecule has 2 aliphatic rings. The number of alkyl halides is 2. The van der Waals surface area contributed by atoms with Gasteiger partial charge < -0.3 is 4.90 Å². The Labute approximate surface area is 78.1 Å². The summed E-state index contributed by atoms with van der Waals surface area (Å²) in [6.45, 7) is 5.24. The van der Waals surface area contributed by atoms with Crippen molar-refractivity contribution in [3.8, 4) is 0 Å². The Kier molecular flexibility index (Phi) is 2.10. The lowest BCUT2D eigenvalue weighted by Gasteiger charge is -2.51. The molecule has 1 saturated carbocycles. The van der Waals surface area contributed by atoms with Crippen molar-refractivity contribution >= 4 is 0 Å². The van der Waals surface area contributed by atoms with Crippen LogP contribution in [0.5, 0.6) is 0 Å². The Morgan fingerprint density at radius 3 is 2.08 bits per heavy atom. The Morgan fingerprint density at radius 2 is 1.69 bits per heavy atom. The lowest BCUT2D eigenvalue weighted by Crippen LogP contribution is -2.52. The maximum absolute atomic E-state index is 12.7. The van der Waals surface area contributed by atoms with Gasteiger partial charge in [-0.05, 0) is 37.9 Å². The van der Waals surface area contributed by atoms with Crippen molar-refractivity contribution in [3.05, 3.63) is 0 Å². The Morgan fingerprint density at radius 1 is 1.15 bits per heavy atom. The molecule has 3 heteroatoms. The third kappa shape index (κ3) is 1.71. The fourth-order valence-corrected chi connectivity index (χ4v) is 2.74. The van der Waals surface area contributed by atoms with Gasteiger partial charge in [-0.25, -0.2) is 8.78 Å². The van der Waals surface area contributed by atoms with Crippen LogP contribution >= 0.6 is 0 Å². The zero-order valence-corrected chi connectivity index (χ0v) is 8.15. The number of hydrogen-bond donors (Lipinski definition) is 0. The molecule has 0 amide bonds. The second-order valence-electron chi connectivity index (χ2n) is 4.64. The third-order valence-electron chi connectivity index (χ3n) is 3.63. The number of likely N-dealkylation sites (tertiary alicyclic amines) is 1. The largest absolute Gasteiger partial charge is 0.304 e. The van der Waals surface area contributed by atoms with Gasteiger partial charge in [0.25, 0.3) is 0 Å². The molecule has 2 fully saturated rings. The molecule has 1 nitrogen and oxygen atoms in total. The molecule has 1 aliphatic carbocycles. The van der Waals surface area contributed by atoms with Crippen molar-refractivity contribution in [3.63, 3.8) is 0 Å². The van der Waals surface area contributed by atoms with Crippen LogP contribution in [-0.2, 0) is 0 Å². The Hall–Kier alpha value is -0.180. The summed E-state index contributed by atoms with van der Waals surface area (Å²) in [4.78, 5) is 2.35. The molecular weight excluding hydrogens is 172 g/mol. The van der Waals surface area contributed by atoms with Gasteiger partial charge in [-0.2, -0.15) is 0 Å². The summed E-state index contributed by atoms with van der Waals surface area (Å²) < 4.78 is 25.5. The van der Waals surface area contributed by atoms with Crippen LogP contribution in [0.15, 0.2) is 0 Å². The SMILES string of the molecule is CCN1CCC2(CC1)CC(F)(F)C2. The summed E-state index contributed by atoms with van der Waals surface area (Å²) in [5.74, 6) is -2.34. The van der Waals surface area contributed by atoms with Crippen molar-refractivity contribution in [2.24, 2.45) is 5.41 Å². The molecule has 1 aliphatic heterocycles. The molecule has 0 radical (unpaired) electrons. The lowest BCUT2D eigenvalue weighted by molar-refractivity contribution is -0.177. The summed E-state index contributed by atoms with van der Waals surface area (Å²) in [5, 5.41) is 0. The second-order valence-corrected chi connectivity index (χ2v) is 4.64. The van der Waals surface area contributed by atoms with Crippen LogP contribution in [-0.4, -0.2) is 30.5 Å². The van der Waals surface area contributed by atoms with E-state index in [1.54, 1.807) is 0 Å². The highest BCUT2D eigenvalue weighted by Crippen LogP contribution is 2.57. The molecule has 1 spiro atoms.